The summed E-state index contributed by atoms with van der Waals surface area (Å²) in [5.74, 6) is 0.425. The van der Waals surface area contributed by atoms with Gasteiger partial charge in [-0.15, -0.1) is 0 Å². The van der Waals surface area contributed by atoms with Crippen LogP contribution in [0.3, 0.4) is 0 Å². The van der Waals surface area contributed by atoms with Gasteiger partial charge in [-0.05, 0) is 29.2 Å². The Kier molecular flexibility index (Phi) is 5.60. The summed E-state index contributed by atoms with van der Waals surface area (Å²) < 4.78 is 0. The van der Waals surface area contributed by atoms with Gasteiger partial charge in [-0.3, -0.25) is 0 Å². The zero-order valence-corrected chi connectivity index (χ0v) is 12.3. The summed E-state index contributed by atoms with van der Waals surface area (Å²) in [6.07, 6.45) is -0.504. The molecule has 0 saturated carbocycles. The van der Waals surface area contributed by atoms with Gasteiger partial charge >= 0.3 is 0 Å². The maximum atomic E-state index is 10.1. The fraction of sp³-hybridized carbons (Fsp3) is 0.294. The average molecular weight is 290 g/mol. The zero-order chi connectivity index (χ0) is 14.4. The first-order valence-electron chi connectivity index (χ1n) is 6.86. The van der Waals surface area contributed by atoms with Crippen molar-refractivity contribution in [2.24, 2.45) is 0 Å². The molecule has 2 nitrogen and oxygen atoms in total. The topological polar surface area (TPSA) is 32.3 Å². The van der Waals surface area contributed by atoms with Crippen molar-refractivity contribution in [3.05, 3.63) is 70.7 Å². The molecular formula is C17H20ClNO. The number of halogens is 1. The van der Waals surface area contributed by atoms with E-state index in [4.69, 9.17) is 11.6 Å². The van der Waals surface area contributed by atoms with Gasteiger partial charge in [0.1, 0.15) is 0 Å². The third kappa shape index (κ3) is 4.34. The highest BCUT2D eigenvalue weighted by Gasteiger charge is 2.09. The number of hydrogen-bond acceptors (Lipinski definition) is 2. The highest BCUT2D eigenvalue weighted by Crippen LogP contribution is 2.17. The second kappa shape index (κ2) is 7.44. The van der Waals surface area contributed by atoms with E-state index in [1.165, 1.54) is 5.56 Å². The van der Waals surface area contributed by atoms with Crippen LogP contribution in [-0.4, -0.2) is 18.2 Å². The molecule has 0 fully saturated rings. The molecule has 0 radical (unpaired) electrons. The van der Waals surface area contributed by atoms with Crippen molar-refractivity contribution in [3.63, 3.8) is 0 Å². The van der Waals surface area contributed by atoms with Crippen LogP contribution in [-0.2, 0) is 0 Å². The summed E-state index contributed by atoms with van der Waals surface area (Å²) in [7, 11) is 0. The standard InChI is InChI=1S/C17H20ClNO/c1-13(14-5-3-2-4-6-14)11-19-12-17(20)15-7-9-16(18)10-8-15/h2-10,13,17,19-20H,11-12H2,1H3. The Labute approximate surface area is 125 Å². The van der Waals surface area contributed by atoms with Crippen LogP contribution in [0.2, 0.25) is 5.02 Å². The first-order valence-corrected chi connectivity index (χ1v) is 7.24. The summed E-state index contributed by atoms with van der Waals surface area (Å²) in [6, 6.07) is 17.7. The Balaban J connectivity index is 1.79. The highest BCUT2D eigenvalue weighted by atomic mass is 35.5. The van der Waals surface area contributed by atoms with Crippen LogP contribution >= 0.6 is 11.6 Å². The minimum absolute atomic E-state index is 0.425. The van der Waals surface area contributed by atoms with Gasteiger partial charge in [0.15, 0.2) is 0 Å². The van der Waals surface area contributed by atoms with Crippen molar-refractivity contribution in [2.75, 3.05) is 13.1 Å². The van der Waals surface area contributed by atoms with E-state index in [9.17, 15) is 5.11 Å². The van der Waals surface area contributed by atoms with Gasteiger partial charge in [-0.25, -0.2) is 0 Å². The molecule has 0 saturated heterocycles. The molecule has 2 rings (SSSR count). The van der Waals surface area contributed by atoms with Crippen molar-refractivity contribution in [1.82, 2.24) is 5.32 Å². The lowest BCUT2D eigenvalue weighted by atomic mass is 10.0. The van der Waals surface area contributed by atoms with Crippen molar-refractivity contribution in [2.45, 2.75) is 18.9 Å². The molecule has 2 unspecified atom stereocenters. The Bertz CT molecular complexity index is 512. The Morgan fingerprint density at radius 1 is 0.950 bits per heavy atom. The summed E-state index contributed by atoms with van der Waals surface area (Å²) in [4.78, 5) is 0. The fourth-order valence-corrected chi connectivity index (χ4v) is 2.26. The van der Waals surface area contributed by atoms with Crippen LogP contribution in [0.25, 0.3) is 0 Å². The normalized spacial score (nSPS) is 13.9. The lowest BCUT2D eigenvalue weighted by molar-refractivity contribution is 0.174. The van der Waals surface area contributed by atoms with Gasteiger partial charge < -0.3 is 10.4 Å². The van der Waals surface area contributed by atoms with Crippen LogP contribution in [0.1, 0.15) is 30.1 Å². The quantitative estimate of drug-likeness (QED) is 0.848. The Hall–Kier alpha value is -1.35. The molecule has 0 aliphatic carbocycles. The lowest BCUT2D eigenvalue weighted by Gasteiger charge is -2.16. The SMILES string of the molecule is CC(CNCC(O)c1ccc(Cl)cc1)c1ccccc1. The van der Waals surface area contributed by atoms with Gasteiger partial charge in [0.25, 0.3) is 0 Å². The molecule has 20 heavy (non-hydrogen) atoms. The molecule has 2 atom stereocenters. The van der Waals surface area contributed by atoms with Crippen molar-refractivity contribution >= 4 is 11.6 Å². The summed E-state index contributed by atoms with van der Waals surface area (Å²) >= 11 is 5.83. The van der Waals surface area contributed by atoms with Crippen molar-refractivity contribution in [1.29, 1.82) is 0 Å². The third-order valence-corrected chi connectivity index (χ3v) is 3.66. The van der Waals surface area contributed by atoms with Crippen molar-refractivity contribution in [3.8, 4) is 0 Å². The molecule has 3 heteroatoms. The van der Waals surface area contributed by atoms with E-state index in [0.29, 0.717) is 17.5 Å². The van der Waals surface area contributed by atoms with E-state index < -0.39 is 6.10 Å². The number of nitrogens with one attached hydrogen (secondary N) is 1. The Morgan fingerprint density at radius 3 is 2.25 bits per heavy atom. The molecular weight excluding hydrogens is 270 g/mol. The predicted molar refractivity (Wildman–Crippen MR) is 84.1 cm³/mol. The molecule has 2 N–H and O–H groups in total. The van der Waals surface area contributed by atoms with E-state index in [-0.39, 0.29) is 0 Å². The fourth-order valence-electron chi connectivity index (χ4n) is 2.14. The van der Waals surface area contributed by atoms with Crippen LogP contribution in [0.4, 0.5) is 0 Å². The molecule has 2 aromatic rings. The van der Waals surface area contributed by atoms with Crippen molar-refractivity contribution < 1.29 is 5.11 Å². The summed E-state index contributed by atoms with van der Waals surface area (Å²) in [5, 5.41) is 14.1. The highest BCUT2D eigenvalue weighted by molar-refractivity contribution is 6.30. The number of hydrogen-bond donors (Lipinski definition) is 2. The first-order chi connectivity index (χ1) is 9.66. The minimum atomic E-state index is -0.504. The summed E-state index contributed by atoms with van der Waals surface area (Å²) in [6.45, 7) is 3.56. The molecule has 106 valence electrons. The van der Waals surface area contributed by atoms with E-state index in [1.807, 2.05) is 30.3 Å². The molecule has 0 aromatic heterocycles. The number of aliphatic hydroxyl groups is 1. The van der Waals surface area contributed by atoms with E-state index in [1.54, 1.807) is 12.1 Å². The number of benzene rings is 2. The summed E-state index contributed by atoms with van der Waals surface area (Å²) in [5.41, 5.74) is 2.19. The molecule has 0 heterocycles. The third-order valence-electron chi connectivity index (χ3n) is 3.41. The van der Waals surface area contributed by atoms with Crippen LogP contribution < -0.4 is 5.32 Å². The average Bonchev–Trinajstić information content (AvgIpc) is 2.48. The second-order valence-corrected chi connectivity index (χ2v) is 5.47. The van der Waals surface area contributed by atoms with Crippen LogP contribution in [0, 0.1) is 0 Å². The molecule has 2 aromatic carbocycles. The number of aliphatic hydroxyl groups excluding tert-OH is 1. The maximum absolute atomic E-state index is 10.1. The van der Waals surface area contributed by atoms with Gasteiger partial charge in [-0.1, -0.05) is 61.0 Å². The van der Waals surface area contributed by atoms with E-state index >= 15 is 0 Å². The lowest BCUT2D eigenvalue weighted by Crippen LogP contribution is -2.25. The molecule has 0 amide bonds. The van der Waals surface area contributed by atoms with Crippen LogP contribution in [0.15, 0.2) is 54.6 Å². The predicted octanol–water partition coefficient (Wildman–Crippen LogP) is 3.77. The van der Waals surface area contributed by atoms with Crippen LogP contribution in [0.5, 0.6) is 0 Å². The molecule has 0 bridgehead atoms. The number of rotatable bonds is 6. The minimum Gasteiger partial charge on any atom is -0.387 e. The maximum Gasteiger partial charge on any atom is 0.0914 e. The first kappa shape index (κ1) is 15.0. The largest absolute Gasteiger partial charge is 0.387 e. The van der Waals surface area contributed by atoms with E-state index in [2.05, 4.69) is 24.4 Å². The molecule has 0 spiro atoms. The van der Waals surface area contributed by atoms with Gasteiger partial charge in [0.05, 0.1) is 6.10 Å². The Morgan fingerprint density at radius 2 is 1.60 bits per heavy atom. The van der Waals surface area contributed by atoms with E-state index in [0.717, 1.165) is 12.1 Å². The molecule has 0 aliphatic rings. The smallest absolute Gasteiger partial charge is 0.0914 e. The molecule has 0 aliphatic heterocycles. The monoisotopic (exact) mass is 289 g/mol. The van der Waals surface area contributed by atoms with Gasteiger partial charge in [0, 0.05) is 18.1 Å². The second-order valence-electron chi connectivity index (χ2n) is 5.04. The van der Waals surface area contributed by atoms with Gasteiger partial charge in [0.2, 0.25) is 0 Å². The zero-order valence-electron chi connectivity index (χ0n) is 11.6. The van der Waals surface area contributed by atoms with Gasteiger partial charge in [-0.2, -0.15) is 0 Å².